The van der Waals surface area contributed by atoms with Crippen LogP contribution in [-0.2, 0) is 9.47 Å². The Balaban J connectivity index is 1.21. The van der Waals surface area contributed by atoms with Gasteiger partial charge in [0.1, 0.15) is 18.0 Å². The van der Waals surface area contributed by atoms with Gasteiger partial charge < -0.3 is 24.0 Å². The zero-order chi connectivity index (χ0) is 22.6. The van der Waals surface area contributed by atoms with Crippen molar-refractivity contribution in [1.29, 1.82) is 0 Å². The monoisotopic (exact) mass is 445 g/mol. The van der Waals surface area contributed by atoms with E-state index in [9.17, 15) is 4.79 Å². The second-order valence-electron chi connectivity index (χ2n) is 10.4. The number of likely N-dealkylation sites (tertiary alicyclic amines) is 1. The van der Waals surface area contributed by atoms with Crippen molar-refractivity contribution in [3.8, 4) is 5.75 Å². The van der Waals surface area contributed by atoms with E-state index in [0.717, 1.165) is 84.0 Å². The number of hydrogen-bond donors (Lipinski definition) is 0. The van der Waals surface area contributed by atoms with Crippen molar-refractivity contribution in [3.05, 3.63) is 24.3 Å². The topological polar surface area (TPSA) is 54.5 Å². The van der Waals surface area contributed by atoms with Gasteiger partial charge in [0.2, 0.25) is 0 Å². The third-order valence-corrected chi connectivity index (χ3v) is 6.90. The molecule has 0 unspecified atom stereocenters. The molecular weight excluding hydrogens is 406 g/mol. The Morgan fingerprint density at radius 1 is 1.00 bits per heavy atom. The summed E-state index contributed by atoms with van der Waals surface area (Å²) < 4.78 is 16.9. The number of nitrogens with zero attached hydrogens (tertiary/aromatic N) is 3. The van der Waals surface area contributed by atoms with Crippen molar-refractivity contribution in [3.63, 3.8) is 0 Å². The van der Waals surface area contributed by atoms with Gasteiger partial charge in [-0.1, -0.05) is 0 Å². The number of benzene rings is 1. The fourth-order valence-electron chi connectivity index (χ4n) is 4.94. The van der Waals surface area contributed by atoms with E-state index in [1.54, 1.807) is 0 Å². The third-order valence-electron chi connectivity index (χ3n) is 6.90. The highest BCUT2D eigenvalue weighted by atomic mass is 16.6. The van der Waals surface area contributed by atoms with E-state index >= 15 is 0 Å². The fraction of sp³-hybridized carbons (Fsp3) is 0.720. The Kier molecular flexibility index (Phi) is 7.15. The molecule has 178 valence electrons. The number of carbonyl (C=O) groups excluding carboxylic acids is 1. The van der Waals surface area contributed by atoms with Crippen LogP contribution in [0.4, 0.5) is 10.5 Å². The number of anilines is 1. The molecular formula is C25H39N3O4. The molecule has 3 aliphatic heterocycles. The molecule has 0 bridgehead atoms. The lowest BCUT2D eigenvalue weighted by Crippen LogP contribution is -2.43. The first-order valence-corrected chi connectivity index (χ1v) is 12.1. The summed E-state index contributed by atoms with van der Waals surface area (Å²) in [6.07, 6.45) is 3.14. The molecule has 4 rings (SSSR count). The summed E-state index contributed by atoms with van der Waals surface area (Å²) in [5, 5.41) is 0. The Morgan fingerprint density at radius 2 is 1.66 bits per heavy atom. The van der Waals surface area contributed by atoms with Crippen molar-refractivity contribution in [2.75, 3.05) is 70.5 Å². The molecule has 1 aromatic rings. The number of amides is 1. The number of hydrogen-bond acceptors (Lipinski definition) is 6. The lowest BCUT2D eigenvalue weighted by Gasteiger charge is -2.40. The number of ether oxygens (including phenoxy) is 3. The molecule has 3 aliphatic rings. The van der Waals surface area contributed by atoms with Gasteiger partial charge in [-0.15, -0.1) is 0 Å². The molecule has 7 nitrogen and oxygen atoms in total. The maximum Gasteiger partial charge on any atom is 0.410 e. The predicted molar refractivity (Wildman–Crippen MR) is 126 cm³/mol. The van der Waals surface area contributed by atoms with Crippen molar-refractivity contribution < 1.29 is 19.0 Å². The Hall–Kier alpha value is -1.99. The Bertz CT molecular complexity index is 747. The van der Waals surface area contributed by atoms with Crippen LogP contribution >= 0.6 is 0 Å². The number of piperidine rings is 1. The normalized spacial score (nSPS) is 21.7. The quantitative estimate of drug-likeness (QED) is 0.690. The van der Waals surface area contributed by atoms with Gasteiger partial charge in [0.25, 0.3) is 0 Å². The highest BCUT2D eigenvalue weighted by Gasteiger charge is 2.43. The van der Waals surface area contributed by atoms with Gasteiger partial charge in [-0.05, 0) is 69.7 Å². The zero-order valence-corrected chi connectivity index (χ0v) is 20.0. The van der Waals surface area contributed by atoms with Gasteiger partial charge in [0.15, 0.2) is 0 Å². The smallest absolute Gasteiger partial charge is 0.410 e. The van der Waals surface area contributed by atoms with Crippen molar-refractivity contribution >= 4 is 11.8 Å². The van der Waals surface area contributed by atoms with Crippen molar-refractivity contribution in [1.82, 2.24) is 9.80 Å². The second-order valence-corrected chi connectivity index (χ2v) is 10.4. The highest BCUT2D eigenvalue weighted by Crippen LogP contribution is 2.41. The van der Waals surface area contributed by atoms with Crippen LogP contribution in [-0.4, -0.2) is 87.1 Å². The van der Waals surface area contributed by atoms with Gasteiger partial charge in [-0.25, -0.2) is 4.79 Å². The Labute approximate surface area is 192 Å². The molecule has 0 atom stereocenters. The van der Waals surface area contributed by atoms with Crippen LogP contribution in [0.1, 0.15) is 40.0 Å². The molecule has 32 heavy (non-hydrogen) atoms. The summed E-state index contributed by atoms with van der Waals surface area (Å²) in [7, 11) is 0. The van der Waals surface area contributed by atoms with Crippen LogP contribution in [0.2, 0.25) is 0 Å². The predicted octanol–water partition coefficient (Wildman–Crippen LogP) is 3.63. The van der Waals surface area contributed by atoms with Crippen molar-refractivity contribution in [2.24, 2.45) is 5.41 Å². The largest absolute Gasteiger partial charge is 0.492 e. The first-order valence-electron chi connectivity index (χ1n) is 12.1. The summed E-state index contributed by atoms with van der Waals surface area (Å²) in [6.45, 7) is 14.8. The van der Waals surface area contributed by atoms with E-state index in [-0.39, 0.29) is 11.5 Å². The Morgan fingerprint density at radius 3 is 2.31 bits per heavy atom. The summed E-state index contributed by atoms with van der Waals surface area (Å²) in [6, 6.07) is 8.51. The minimum absolute atomic E-state index is 0.166. The first kappa shape index (κ1) is 23.2. The lowest BCUT2D eigenvalue weighted by atomic mass is 9.77. The van der Waals surface area contributed by atoms with Crippen LogP contribution < -0.4 is 9.64 Å². The van der Waals surface area contributed by atoms with Crippen LogP contribution in [0.25, 0.3) is 0 Å². The van der Waals surface area contributed by atoms with Gasteiger partial charge in [-0.3, -0.25) is 4.90 Å². The van der Waals surface area contributed by atoms with Gasteiger partial charge in [0, 0.05) is 51.5 Å². The number of carbonyl (C=O) groups is 1. The van der Waals surface area contributed by atoms with Crippen LogP contribution in [0, 0.1) is 5.41 Å². The molecule has 7 heteroatoms. The second kappa shape index (κ2) is 9.87. The summed E-state index contributed by atoms with van der Waals surface area (Å²) in [5.41, 5.74) is 1.06. The van der Waals surface area contributed by atoms with Gasteiger partial charge in [-0.2, -0.15) is 0 Å². The average molecular weight is 446 g/mol. The molecule has 0 aliphatic carbocycles. The number of morpholine rings is 1. The van der Waals surface area contributed by atoms with E-state index in [1.807, 2.05) is 25.7 Å². The molecule has 3 fully saturated rings. The van der Waals surface area contributed by atoms with E-state index < -0.39 is 5.60 Å². The van der Waals surface area contributed by atoms with Crippen LogP contribution in [0.3, 0.4) is 0 Å². The first-order chi connectivity index (χ1) is 15.3. The molecule has 1 amide bonds. The standard InChI is InChI=1S/C25H39N3O4/c1-24(2,3)32-23(29)28-13-10-25(20-28)8-11-27(12-9-25)21-4-6-22(7-5-21)31-19-16-26-14-17-30-18-15-26/h4-7H,8-20H2,1-3H3. The number of rotatable bonds is 5. The molecule has 1 spiro atoms. The molecule has 0 aromatic heterocycles. The maximum absolute atomic E-state index is 12.4. The molecule has 0 radical (unpaired) electrons. The van der Waals surface area contributed by atoms with Gasteiger partial charge >= 0.3 is 6.09 Å². The highest BCUT2D eigenvalue weighted by molar-refractivity contribution is 5.68. The van der Waals surface area contributed by atoms with Crippen LogP contribution in [0.15, 0.2) is 24.3 Å². The van der Waals surface area contributed by atoms with Crippen molar-refractivity contribution in [2.45, 2.75) is 45.6 Å². The van der Waals surface area contributed by atoms with E-state index in [0.29, 0.717) is 6.61 Å². The van der Waals surface area contributed by atoms with E-state index in [2.05, 4.69) is 34.1 Å². The summed E-state index contributed by atoms with van der Waals surface area (Å²) >= 11 is 0. The maximum atomic E-state index is 12.4. The molecule has 0 saturated carbocycles. The minimum atomic E-state index is -0.436. The summed E-state index contributed by atoms with van der Waals surface area (Å²) in [4.78, 5) is 19.2. The molecule has 0 N–H and O–H groups in total. The SMILES string of the molecule is CC(C)(C)OC(=O)N1CCC2(CCN(c3ccc(OCCN4CCOCC4)cc3)CC2)C1. The van der Waals surface area contributed by atoms with Gasteiger partial charge in [0.05, 0.1) is 13.2 Å². The molecule has 1 aromatic carbocycles. The third kappa shape index (κ3) is 6.07. The summed E-state index contributed by atoms with van der Waals surface area (Å²) in [5.74, 6) is 0.930. The lowest BCUT2D eigenvalue weighted by molar-refractivity contribution is 0.0266. The minimum Gasteiger partial charge on any atom is -0.492 e. The van der Waals surface area contributed by atoms with E-state index in [1.165, 1.54) is 5.69 Å². The average Bonchev–Trinajstić information content (AvgIpc) is 3.18. The molecule has 3 saturated heterocycles. The fourth-order valence-corrected chi connectivity index (χ4v) is 4.94. The van der Waals surface area contributed by atoms with E-state index in [4.69, 9.17) is 14.2 Å². The zero-order valence-electron chi connectivity index (χ0n) is 20.0. The molecule has 3 heterocycles. The van der Waals surface area contributed by atoms with Crippen LogP contribution in [0.5, 0.6) is 5.75 Å².